The molecule has 2 N–H and O–H groups in total. The van der Waals surface area contributed by atoms with E-state index >= 15 is 0 Å². The van der Waals surface area contributed by atoms with Gasteiger partial charge in [0, 0.05) is 16.5 Å². The number of amidine groups is 1. The highest BCUT2D eigenvalue weighted by atomic mass is 79.9. The van der Waals surface area contributed by atoms with Crippen LogP contribution in [0, 0.1) is 11.7 Å². The molecule has 0 aliphatic rings. The van der Waals surface area contributed by atoms with Gasteiger partial charge >= 0.3 is 0 Å². The SMILES string of the molecule is CC(C)C(N)=Nc1cc(F)ccc1Br. The van der Waals surface area contributed by atoms with Gasteiger partial charge in [-0.1, -0.05) is 13.8 Å². The number of halogens is 2. The van der Waals surface area contributed by atoms with Crippen LogP contribution in [0.15, 0.2) is 27.7 Å². The number of benzene rings is 1. The van der Waals surface area contributed by atoms with Crippen LogP contribution in [-0.4, -0.2) is 5.84 Å². The first-order chi connectivity index (χ1) is 6.50. The maximum Gasteiger partial charge on any atom is 0.125 e. The van der Waals surface area contributed by atoms with Crippen LogP contribution in [0.3, 0.4) is 0 Å². The maximum atomic E-state index is 12.9. The van der Waals surface area contributed by atoms with Crippen LogP contribution in [0.25, 0.3) is 0 Å². The van der Waals surface area contributed by atoms with Gasteiger partial charge in [0.15, 0.2) is 0 Å². The van der Waals surface area contributed by atoms with Gasteiger partial charge < -0.3 is 5.73 Å². The van der Waals surface area contributed by atoms with Crippen molar-refractivity contribution < 1.29 is 4.39 Å². The summed E-state index contributed by atoms with van der Waals surface area (Å²) in [4.78, 5) is 4.13. The Balaban J connectivity index is 3.07. The van der Waals surface area contributed by atoms with Gasteiger partial charge in [0.1, 0.15) is 11.7 Å². The Labute approximate surface area is 91.2 Å². The van der Waals surface area contributed by atoms with E-state index in [0.29, 0.717) is 11.5 Å². The predicted octanol–water partition coefficient (Wildman–Crippen LogP) is 3.23. The summed E-state index contributed by atoms with van der Waals surface area (Å²) >= 11 is 3.28. The van der Waals surface area contributed by atoms with E-state index in [1.54, 1.807) is 6.07 Å². The van der Waals surface area contributed by atoms with E-state index in [1.165, 1.54) is 12.1 Å². The quantitative estimate of drug-likeness (QED) is 0.642. The first-order valence-corrected chi connectivity index (χ1v) is 5.09. The van der Waals surface area contributed by atoms with E-state index in [1.807, 2.05) is 13.8 Å². The highest BCUT2D eigenvalue weighted by Gasteiger charge is 2.03. The van der Waals surface area contributed by atoms with Gasteiger partial charge in [0.05, 0.1) is 5.69 Å². The minimum absolute atomic E-state index is 0.158. The number of nitrogens with two attached hydrogens (primary N) is 1. The molecule has 14 heavy (non-hydrogen) atoms. The van der Waals surface area contributed by atoms with Crippen LogP contribution in [0.1, 0.15) is 13.8 Å². The van der Waals surface area contributed by atoms with Crippen LogP contribution in [-0.2, 0) is 0 Å². The third-order valence-corrected chi connectivity index (χ3v) is 2.42. The summed E-state index contributed by atoms with van der Waals surface area (Å²) in [6.07, 6.45) is 0. The highest BCUT2D eigenvalue weighted by Crippen LogP contribution is 2.26. The van der Waals surface area contributed by atoms with Crippen molar-refractivity contribution in [1.29, 1.82) is 0 Å². The van der Waals surface area contributed by atoms with Crippen molar-refractivity contribution in [2.75, 3.05) is 0 Å². The second-order valence-corrected chi connectivity index (χ2v) is 4.14. The molecule has 0 bridgehead atoms. The molecule has 0 fully saturated rings. The molecule has 0 aromatic heterocycles. The molecule has 0 aliphatic carbocycles. The zero-order chi connectivity index (χ0) is 10.7. The average molecular weight is 259 g/mol. The lowest BCUT2D eigenvalue weighted by molar-refractivity contribution is 0.628. The van der Waals surface area contributed by atoms with E-state index < -0.39 is 0 Å². The second-order valence-electron chi connectivity index (χ2n) is 3.29. The van der Waals surface area contributed by atoms with Crippen LogP contribution in [0.5, 0.6) is 0 Å². The second kappa shape index (κ2) is 4.55. The largest absolute Gasteiger partial charge is 0.387 e. The topological polar surface area (TPSA) is 38.4 Å². The molecule has 2 nitrogen and oxygen atoms in total. The molecule has 0 saturated carbocycles. The fourth-order valence-electron chi connectivity index (χ4n) is 0.840. The molecule has 1 aromatic rings. The number of hydrogen-bond donors (Lipinski definition) is 1. The molecule has 76 valence electrons. The van der Waals surface area contributed by atoms with Gasteiger partial charge in [0.2, 0.25) is 0 Å². The molecule has 0 atom stereocenters. The molecule has 0 amide bonds. The lowest BCUT2D eigenvalue weighted by Crippen LogP contribution is -2.18. The molecule has 1 aromatic carbocycles. The summed E-state index contributed by atoms with van der Waals surface area (Å²) in [5.74, 6) is 0.338. The number of nitrogens with zero attached hydrogens (tertiary/aromatic N) is 1. The Bertz CT molecular complexity index is 361. The lowest BCUT2D eigenvalue weighted by atomic mass is 10.2. The van der Waals surface area contributed by atoms with Gasteiger partial charge in [-0.2, -0.15) is 0 Å². The van der Waals surface area contributed by atoms with Crippen molar-refractivity contribution in [1.82, 2.24) is 0 Å². The highest BCUT2D eigenvalue weighted by molar-refractivity contribution is 9.10. The zero-order valence-electron chi connectivity index (χ0n) is 8.09. The third kappa shape index (κ3) is 2.80. The number of hydrogen-bond acceptors (Lipinski definition) is 1. The molecular weight excluding hydrogens is 247 g/mol. The first-order valence-electron chi connectivity index (χ1n) is 4.30. The number of rotatable bonds is 2. The Morgan fingerprint density at radius 1 is 1.50 bits per heavy atom. The molecular formula is C10H12BrFN2. The Morgan fingerprint density at radius 2 is 2.14 bits per heavy atom. The van der Waals surface area contributed by atoms with Gasteiger partial charge in [0.25, 0.3) is 0 Å². The van der Waals surface area contributed by atoms with Gasteiger partial charge in [-0.3, -0.25) is 0 Å². The summed E-state index contributed by atoms with van der Waals surface area (Å²) in [5, 5.41) is 0. The molecule has 0 radical (unpaired) electrons. The summed E-state index contributed by atoms with van der Waals surface area (Å²) < 4.78 is 13.6. The Kier molecular flexibility index (Phi) is 3.63. The molecule has 0 heterocycles. The van der Waals surface area contributed by atoms with Crippen molar-refractivity contribution in [2.24, 2.45) is 16.6 Å². The number of aliphatic imine (C=N–C) groups is 1. The van der Waals surface area contributed by atoms with Crippen molar-refractivity contribution in [2.45, 2.75) is 13.8 Å². The van der Waals surface area contributed by atoms with E-state index in [9.17, 15) is 4.39 Å². The molecule has 4 heteroatoms. The van der Waals surface area contributed by atoms with E-state index in [-0.39, 0.29) is 11.7 Å². The van der Waals surface area contributed by atoms with E-state index in [4.69, 9.17) is 5.73 Å². The molecule has 0 unspecified atom stereocenters. The molecule has 1 rings (SSSR count). The van der Waals surface area contributed by atoms with Crippen LogP contribution < -0.4 is 5.73 Å². The zero-order valence-corrected chi connectivity index (χ0v) is 9.68. The smallest absolute Gasteiger partial charge is 0.125 e. The summed E-state index contributed by atoms with van der Waals surface area (Å²) in [6, 6.07) is 4.33. The van der Waals surface area contributed by atoms with Crippen LogP contribution in [0.4, 0.5) is 10.1 Å². The fraction of sp³-hybridized carbons (Fsp3) is 0.300. The minimum Gasteiger partial charge on any atom is -0.387 e. The Hall–Kier alpha value is -0.900. The standard InChI is InChI=1S/C10H12BrFN2/c1-6(2)10(13)14-9-5-7(12)3-4-8(9)11/h3-6H,1-2H3,(H2,13,14). The molecule has 0 saturated heterocycles. The van der Waals surface area contributed by atoms with Crippen LogP contribution >= 0.6 is 15.9 Å². The van der Waals surface area contributed by atoms with Gasteiger partial charge in [-0.05, 0) is 28.1 Å². The van der Waals surface area contributed by atoms with Gasteiger partial charge in [-0.15, -0.1) is 0 Å². The predicted molar refractivity (Wildman–Crippen MR) is 60.2 cm³/mol. The monoisotopic (exact) mass is 258 g/mol. The van der Waals surface area contributed by atoms with Crippen LogP contribution in [0.2, 0.25) is 0 Å². The van der Waals surface area contributed by atoms with Crippen molar-refractivity contribution in [3.8, 4) is 0 Å². The summed E-state index contributed by atoms with van der Waals surface area (Å²) in [5.41, 5.74) is 6.20. The molecule has 0 spiro atoms. The fourth-order valence-corrected chi connectivity index (χ4v) is 1.17. The van der Waals surface area contributed by atoms with Crippen molar-refractivity contribution in [3.05, 3.63) is 28.5 Å². The summed E-state index contributed by atoms with van der Waals surface area (Å²) in [6.45, 7) is 3.87. The average Bonchev–Trinajstić information content (AvgIpc) is 2.11. The van der Waals surface area contributed by atoms with Crippen molar-refractivity contribution in [3.63, 3.8) is 0 Å². The van der Waals surface area contributed by atoms with E-state index in [2.05, 4.69) is 20.9 Å². The Morgan fingerprint density at radius 3 is 2.71 bits per heavy atom. The summed E-state index contributed by atoms with van der Waals surface area (Å²) in [7, 11) is 0. The minimum atomic E-state index is -0.316. The molecule has 0 aliphatic heterocycles. The van der Waals surface area contributed by atoms with Gasteiger partial charge in [-0.25, -0.2) is 9.38 Å². The first kappa shape index (κ1) is 11.2. The normalized spacial score (nSPS) is 12.2. The van der Waals surface area contributed by atoms with Crippen molar-refractivity contribution >= 4 is 27.5 Å². The van der Waals surface area contributed by atoms with E-state index in [0.717, 1.165) is 4.47 Å². The lowest BCUT2D eigenvalue weighted by Gasteiger charge is -2.05. The maximum absolute atomic E-state index is 12.9. The third-order valence-electron chi connectivity index (χ3n) is 1.75.